The summed E-state index contributed by atoms with van der Waals surface area (Å²) in [5, 5.41) is 8.17. The van der Waals surface area contributed by atoms with E-state index in [1.165, 1.54) is 0 Å². The van der Waals surface area contributed by atoms with Gasteiger partial charge in [-0.05, 0) is 26.0 Å². The molecule has 0 spiro atoms. The molecule has 1 aromatic rings. The molecule has 0 radical (unpaired) electrons. The number of anilines is 1. The highest BCUT2D eigenvalue weighted by molar-refractivity contribution is 6.34. The fourth-order valence-corrected chi connectivity index (χ4v) is 2.14. The lowest BCUT2D eigenvalue weighted by atomic mass is 10.1. The van der Waals surface area contributed by atoms with Gasteiger partial charge in [0.05, 0.1) is 17.2 Å². The molecule has 4 nitrogen and oxygen atoms in total. The maximum Gasteiger partial charge on any atom is 0.126 e. The Bertz CT molecular complexity index is 421. The van der Waals surface area contributed by atoms with Crippen molar-refractivity contribution in [2.75, 3.05) is 25.2 Å². The van der Waals surface area contributed by atoms with Crippen LogP contribution in [0.25, 0.3) is 0 Å². The molecule has 0 aromatic heterocycles. The van der Waals surface area contributed by atoms with Gasteiger partial charge in [-0.1, -0.05) is 17.7 Å². The van der Waals surface area contributed by atoms with E-state index < -0.39 is 0 Å². The highest BCUT2D eigenvalue weighted by atomic mass is 35.5. The van der Waals surface area contributed by atoms with Crippen molar-refractivity contribution in [1.29, 1.82) is 5.41 Å². The summed E-state index contributed by atoms with van der Waals surface area (Å²) >= 11 is 6.13. The number of methoxy groups -OCH3 is 1. The van der Waals surface area contributed by atoms with Gasteiger partial charge in [-0.25, -0.2) is 0 Å². The van der Waals surface area contributed by atoms with Crippen molar-refractivity contribution in [2.24, 2.45) is 5.73 Å². The first kappa shape index (κ1) is 14.8. The van der Waals surface area contributed by atoms with Crippen molar-refractivity contribution in [2.45, 2.75) is 19.9 Å². The monoisotopic (exact) mass is 269 g/mol. The predicted octanol–water partition coefficient (Wildman–Crippen LogP) is 2.49. The zero-order valence-electron chi connectivity index (χ0n) is 11.0. The molecule has 1 rings (SSSR count). The summed E-state index contributed by atoms with van der Waals surface area (Å²) in [6, 6.07) is 5.82. The Hall–Kier alpha value is -1.26. The number of nitrogen functional groups attached to an aromatic ring is 1. The number of halogens is 1. The van der Waals surface area contributed by atoms with Crippen LogP contribution >= 0.6 is 11.6 Å². The second kappa shape index (κ2) is 6.61. The Kier molecular flexibility index (Phi) is 5.44. The molecule has 18 heavy (non-hydrogen) atoms. The zero-order chi connectivity index (χ0) is 13.7. The molecule has 0 aliphatic heterocycles. The van der Waals surface area contributed by atoms with Crippen molar-refractivity contribution in [3.8, 4) is 0 Å². The van der Waals surface area contributed by atoms with Crippen molar-refractivity contribution in [3.63, 3.8) is 0 Å². The summed E-state index contributed by atoms with van der Waals surface area (Å²) in [5.41, 5.74) is 7.09. The third-order valence-corrected chi connectivity index (χ3v) is 3.05. The van der Waals surface area contributed by atoms with Crippen LogP contribution in [0.4, 0.5) is 5.69 Å². The lowest BCUT2D eigenvalue weighted by Crippen LogP contribution is -2.35. The fourth-order valence-electron chi connectivity index (χ4n) is 1.87. The molecule has 0 bridgehead atoms. The van der Waals surface area contributed by atoms with Gasteiger partial charge in [-0.2, -0.15) is 0 Å². The van der Waals surface area contributed by atoms with Gasteiger partial charge in [0.2, 0.25) is 0 Å². The summed E-state index contributed by atoms with van der Waals surface area (Å²) in [7, 11) is 1.67. The van der Waals surface area contributed by atoms with Crippen LogP contribution in [0.5, 0.6) is 0 Å². The standard InChI is InChI=1S/C13H20ClN3O/c1-9(2)17(7-8-18-3)11-6-4-5-10(14)12(11)13(15)16/h4-6,9H,7-8H2,1-3H3,(H3,15,16). The van der Waals surface area contributed by atoms with Crippen LogP contribution in [0.2, 0.25) is 5.02 Å². The van der Waals surface area contributed by atoms with Gasteiger partial charge in [-0.3, -0.25) is 5.41 Å². The SMILES string of the molecule is COCCN(c1cccc(Cl)c1C(=N)N)C(C)C. The minimum absolute atomic E-state index is 0.0151. The summed E-state index contributed by atoms with van der Waals surface area (Å²) in [5.74, 6) is -0.0151. The topological polar surface area (TPSA) is 62.3 Å². The van der Waals surface area contributed by atoms with Crippen LogP contribution in [0.1, 0.15) is 19.4 Å². The van der Waals surface area contributed by atoms with Gasteiger partial charge in [0.25, 0.3) is 0 Å². The minimum Gasteiger partial charge on any atom is -0.384 e. The molecule has 0 amide bonds. The number of ether oxygens (including phenoxy) is 1. The van der Waals surface area contributed by atoms with Crippen molar-refractivity contribution in [1.82, 2.24) is 0 Å². The lowest BCUT2D eigenvalue weighted by molar-refractivity contribution is 0.204. The van der Waals surface area contributed by atoms with E-state index in [0.29, 0.717) is 17.2 Å². The molecule has 3 N–H and O–H groups in total. The van der Waals surface area contributed by atoms with Gasteiger partial charge in [0.1, 0.15) is 5.84 Å². The first-order valence-corrected chi connectivity index (χ1v) is 6.25. The average Bonchev–Trinajstić information content (AvgIpc) is 2.28. The second-order valence-corrected chi connectivity index (χ2v) is 4.73. The summed E-state index contributed by atoms with van der Waals surface area (Å²) in [6.07, 6.45) is 0. The molecule has 0 unspecified atom stereocenters. The molecular weight excluding hydrogens is 250 g/mol. The van der Waals surface area contributed by atoms with E-state index >= 15 is 0 Å². The Labute approximate surface area is 113 Å². The van der Waals surface area contributed by atoms with E-state index in [1.54, 1.807) is 13.2 Å². The quantitative estimate of drug-likeness (QED) is 0.616. The lowest BCUT2D eigenvalue weighted by Gasteiger charge is -2.30. The maximum atomic E-state index is 7.66. The van der Waals surface area contributed by atoms with Crippen molar-refractivity contribution >= 4 is 23.1 Å². The van der Waals surface area contributed by atoms with Crippen LogP contribution in [0, 0.1) is 5.41 Å². The predicted molar refractivity (Wildman–Crippen MR) is 76.8 cm³/mol. The molecule has 0 aliphatic carbocycles. The summed E-state index contributed by atoms with van der Waals surface area (Å²) in [4.78, 5) is 2.13. The number of nitrogens with zero attached hydrogens (tertiary/aromatic N) is 1. The van der Waals surface area contributed by atoms with Crippen LogP contribution in [0.3, 0.4) is 0 Å². The van der Waals surface area contributed by atoms with E-state index in [-0.39, 0.29) is 11.9 Å². The van der Waals surface area contributed by atoms with E-state index in [0.717, 1.165) is 12.2 Å². The summed E-state index contributed by atoms with van der Waals surface area (Å²) in [6.45, 7) is 5.51. The number of nitrogens with two attached hydrogens (primary N) is 1. The number of rotatable bonds is 6. The Morgan fingerprint density at radius 3 is 2.67 bits per heavy atom. The Morgan fingerprint density at radius 1 is 1.50 bits per heavy atom. The van der Waals surface area contributed by atoms with Gasteiger partial charge >= 0.3 is 0 Å². The maximum absolute atomic E-state index is 7.66. The normalized spacial score (nSPS) is 10.7. The fraction of sp³-hybridized carbons (Fsp3) is 0.462. The molecular formula is C13H20ClN3O. The van der Waals surface area contributed by atoms with Gasteiger partial charge in [0, 0.05) is 25.4 Å². The number of benzene rings is 1. The zero-order valence-corrected chi connectivity index (χ0v) is 11.8. The minimum atomic E-state index is -0.0151. The van der Waals surface area contributed by atoms with Crippen LogP contribution in [0.15, 0.2) is 18.2 Å². The van der Waals surface area contributed by atoms with E-state index in [9.17, 15) is 0 Å². The smallest absolute Gasteiger partial charge is 0.126 e. The number of nitrogens with one attached hydrogen (secondary N) is 1. The second-order valence-electron chi connectivity index (χ2n) is 4.33. The van der Waals surface area contributed by atoms with Crippen LogP contribution in [-0.2, 0) is 4.74 Å². The number of hydrogen-bond donors (Lipinski definition) is 2. The Morgan fingerprint density at radius 2 is 2.17 bits per heavy atom. The van der Waals surface area contributed by atoms with Gasteiger partial charge < -0.3 is 15.4 Å². The van der Waals surface area contributed by atoms with Gasteiger partial charge in [-0.15, -0.1) is 0 Å². The highest BCUT2D eigenvalue weighted by Gasteiger charge is 2.17. The molecule has 0 saturated carbocycles. The van der Waals surface area contributed by atoms with E-state index in [2.05, 4.69) is 18.7 Å². The van der Waals surface area contributed by atoms with Crippen molar-refractivity contribution < 1.29 is 4.74 Å². The number of hydrogen-bond acceptors (Lipinski definition) is 3. The molecule has 0 saturated heterocycles. The molecule has 0 heterocycles. The largest absolute Gasteiger partial charge is 0.384 e. The third kappa shape index (κ3) is 3.37. The molecule has 100 valence electrons. The first-order valence-electron chi connectivity index (χ1n) is 5.87. The molecule has 0 atom stereocenters. The molecule has 5 heteroatoms. The molecule has 0 fully saturated rings. The number of amidine groups is 1. The van der Waals surface area contributed by atoms with Crippen LogP contribution in [-0.4, -0.2) is 32.1 Å². The third-order valence-electron chi connectivity index (χ3n) is 2.73. The first-order chi connectivity index (χ1) is 8.49. The average molecular weight is 270 g/mol. The summed E-state index contributed by atoms with van der Waals surface area (Å²) < 4.78 is 5.11. The van der Waals surface area contributed by atoms with Crippen LogP contribution < -0.4 is 10.6 Å². The molecule has 0 aliphatic rings. The van der Waals surface area contributed by atoms with E-state index in [1.807, 2.05) is 12.1 Å². The Balaban J connectivity index is 3.19. The highest BCUT2D eigenvalue weighted by Crippen LogP contribution is 2.28. The van der Waals surface area contributed by atoms with Crippen molar-refractivity contribution in [3.05, 3.63) is 28.8 Å². The van der Waals surface area contributed by atoms with Gasteiger partial charge in [0.15, 0.2) is 0 Å². The van der Waals surface area contributed by atoms with E-state index in [4.69, 9.17) is 27.5 Å². The molecule has 1 aromatic carbocycles.